The number of rotatable bonds is 6. The van der Waals surface area contributed by atoms with E-state index in [1.807, 2.05) is 74.4 Å². The standard InChI is InChI=1S/C19H23N3O2/c1-4-14-7-5-6-8-17(14)21-19(24)13-18(23)20-15-9-11-16(12-10-15)22(2)3/h5-12H,4,13H2,1-3H3,(H,20,23)(H,21,24). The van der Waals surface area contributed by atoms with Crippen molar-refractivity contribution >= 4 is 28.9 Å². The van der Waals surface area contributed by atoms with Crippen molar-refractivity contribution in [1.82, 2.24) is 0 Å². The first kappa shape index (κ1) is 17.5. The van der Waals surface area contributed by atoms with Crippen molar-refractivity contribution in [2.24, 2.45) is 0 Å². The highest BCUT2D eigenvalue weighted by Gasteiger charge is 2.11. The summed E-state index contributed by atoms with van der Waals surface area (Å²) in [6.07, 6.45) is 0.606. The van der Waals surface area contributed by atoms with Gasteiger partial charge in [-0.3, -0.25) is 9.59 Å². The van der Waals surface area contributed by atoms with E-state index in [9.17, 15) is 9.59 Å². The smallest absolute Gasteiger partial charge is 0.233 e. The number of amides is 2. The van der Waals surface area contributed by atoms with E-state index in [0.29, 0.717) is 5.69 Å². The third-order valence-corrected chi connectivity index (χ3v) is 3.66. The van der Waals surface area contributed by atoms with Crippen LogP contribution in [0, 0.1) is 0 Å². The van der Waals surface area contributed by atoms with E-state index in [0.717, 1.165) is 23.4 Å². The Kier molecular flexibility index (Phi) is 5.95. The van der Waals surface area contributed by atoms with Gasteiger partial charge in [-0.25, -0.2) is 0 Å². The van der Waals surface area contributed by atoms with Crippen LogP contribution in [0.5, 0.6) is 0 Å². The lowest BCUT2D eigenvalue weighted by Gasteiger charge is -2.13. The van der Waals surface area contributed by atoms with Crippen LogP contribution >= 0.6 is 0 Å². The Balaban J connectivity index is 1.90. The van der Waals surface area contributed by atoms with Gasteiger partial charge in [0.05, 0.1) is 0 Å². The predicted molar refractivity (Wildman–Crippen MR) is 98.5 cm³/mol. The maximum absolute atomic E-state index is 12.0. The summed E-state index contributed by atoms with van der Waals surface area (Å²) >= 11 is 0. The average Bonchev–Trinajstić information content (AvgIpc) is 2.55. The summed E-state index contributed by atoms with van der Waals surface area (Å²) in [6, 6.07) is 15.0. The van der Waals surface area contributed by atoms with E-state index in [1.165, 1.54) is 0 Å². The number of benzene rings is 2. The minimum Gasteiger partial charge on any atom is -0.378 e. The molecule has 0 fully saturated rings. The molecule has 0 saturated heterocycles. The molecule has 2 amide bonds. The van der Waals surface area contributed by atoms with Crippen LogP contribution in [0.4, 0.5) is 17.1 Å². The van der Waals surface area contributed by atoms with Gasteiger partial charge >= 0.3 is 0 Å². The first-order valence-electron chi connectivity index (χ1n) is 7.94. The Bertz CT molecular complexity index is 709. The van der Waals surface area contributed by atoms with Crippen LogP contribution in [0.15, 0.2) is 48.5 Å². The Morgan fingerprint density at radius 3 is 2.17 bits per heavy atom. The zero-order valence-electron chi connectivity index (χ0n) is 14.3. The van der Waals surface area contributed by atoms with Gasteiger partial charge in [0.15, 0.2) is 0 Å². The van der Waals surface area contributed by atoms with Crippen LogP contribution in [-0.4, -0.2) is 25.9 Å². The lowest BCUT2D eigenvalue weighted by atomic mass is 10.1. The number of para-hydroxylation sites is 1. The molecule has 0 aliphatic heterocycles. The van der Waals surface area contributed by atoms with Gasteiger partial charge < -0.3 is 15.5 Å². The molecule has 2 aromatic rings. The maximum Gasteiger partial charge on any atom is 0.233 e. The van der Waals surface area contributed by atoms with Gasteiger partial charge in [0, 0.05) is 31.2 Å². The summed E-state index contributed by atoms with van der Waals surface area (Å²) in [4.78, 5) is 26.0. The molecule has 0 unspecified atom stereocenters. The second kappa shape index (κ2) is 8.15. The molecule has 0 aliphatic rings. The molecule has 0 aliphatic carbocycles. The summed E-state index contributed by atoms with van der Waals surface area (Å²) in [5.74, 6) is -0.655. The van der Waals surface area contributed by atoms with Gasteiger partial charge in [0.1, 0.15) is 6.42 Å². The number of nitrogens with zero attached hydrogens (tertiary/aromatic N) is 1. The number of anilines is 3. The van der Waals surface area contributed by atoms with E-state index < -0.39 is 0 Å². The summed E-state index contributed by atoms with van der Waals surface area (Å²) in [5, 5.41) is 5.53. The first-order valence-corrected chi connectivity index (χ1v) is 7.94. The minimum absolute atomic E-state index is 0.215. The van der Waals surface area contributed by atoms with Crippen LogP contribution < -0.4 is 15.5 Å². The molecule has 2 aromatic carbocycles. The summed E-state index contributed by atoms with van der Waals surface area (Å²) in [5.41, 5.74) is 3.52. The third kappa shape index (κ3) is 4.84. The Labute approximate surface area is 142 Å². The van der Waals surface area contributed by atoms with Gasteiger partial charge in [0.25, 0.3) is 0 Å². The molecule has 0 spiro atoms. The van der Waals surface area contributed by atoms with Gasteiger partial charge in [-0.2, -0.15) is 0 Å². The van der Waals surface area contributed by atoms with E-state index in [1.54, 1.807) is 0 Å². The zero-order valence-corrected chi connectivity index (χ0v) is 14.3. The van der Waals surface area contributed by atoms with Crippen molar-refractivity contribution < 1.29 is 9.59 Å². The largest absolute Gasteiger partial charge is 0.378 e. The van der Waals surface area contributed by atoms with E-state index in [-0.39, 0.29) is 18.2 Å². The molecule has 0 aromatic heterocycles. The summed E-state index contributed by atoms with van der Waals surface area (Å²) < 4.78 is 0. The molecule has 2 rings (SSSR count). The molecule has 0 atom stereocenters. The third-order valence-electron chi connectivity index (χ3n) is 3.66. The van der Waals surface area contributed by atoms with Crippen molar-refractivity contribution in [3.63, 3.8) is 0 Å². The number of carbonyl (C=O) groups excluding carboxylic acids is 2. The number of nitrogens with one attached hydrogen (secondary N) is 2. The summed E-state index contributed by atoms with van der Waals surface area (Å²) in [7, 11) is 3.90. The SMILES string of the molecule is CCc1ccccc1NC(=O)CC(=O)Nc1ccc(N(C)C)cc1. The van der Waals surface area contributed by atoms with E-state index >= 15 is 0 Å². The highest BCUT2D eigenvalue weighted by Crippen LogP contribution is 2.17. The van der Waals surface area contributed by atoms with Crippen molar-refractivity contribution in [2.75, 3.05) is 29.6 Å². The lowest BCUT2D eigenvalue weighted by molar-refractivity contribution is -0.123. The number of aryl methyl sites for hydroxylation is 1. The molecule has 126 valence electrons. The second-order valence-corrected chi connectivity index (χ2v) is 5.73. The molecule has 24 heavy (non-hydrogen) atoms. The van der Waals surface area contributed by atoms with Gasteiger partial charge in [-0.05, 0) is 42.3 Å². The maximum atomic E-state index is 12.0. The highest BCUT2D eigenvalue weighted by atomic mass is 16.2. The van der Waals surface area contributed by atoms with E-state index in [4.69, 9.17) is 0 Å². The highest BCUT2D eigenvalue weighted by molar-refractivity contribution is 6.08. The van der Waals surface area contributed by atoms with Crippen LogP contribution in [0.25, 0.3) is 0 Å². The number of hydrogen-bond acceptors (Lipinski definition) is 3. The molecular weight excluding hydrogens is 302 g/mol. The topological polar surface area (TPSA) is 61.4 Å². The molecule has 0 heterocycles. The molecule has 5 heteroatoms. The minimum atomic E-state index is -0.334. The van der Waals surface area contributed by atoms with Crippen molar-refractivity contribution in [3.05, 3.63) is 54.1 Å². The number of carbonyl (C=O) groups is 2. The molecule has 0 saturated carbocycles. The van der Waals surface area contributed by atoms with Crippen LogP contribution in [0.3, 0.4) is 0 Å². The van der Waals surface area contributed by atoms with Crippen LogP contribution in [0.2, 0.25) is 0 Å². The monoisotopic (exact) mass is 325 g/mol. The average molecular weight is 325 g/mol. The van der Waals surface area contributed by atoms with Crippen LogP contribution in [0.1, 0.15) is 18.9 Å². The zero-order chi connectivity index (χ0) is 17.5. The van der Waals surface area contributed by atoms with Crippen LogP contribution in [-0.2, 0) is 16.0 Å². The van der Waals surface area contributed by atoms with Gasteiger partial charge in [-0.15, -0.1) is 0 Å². The van der Waals surface area contributed by atoms with Gasteiger partial charge in [0.2, 0.25) is 11.8 Å². The second-order valence-electron chi connectivity index (χ2n) is 5.73. The van der Waals surface area contributed by atoms with Crippen molar-refractivity contribution in [1.29, 1.82) is 0 Å². The normalized spacial score (nSPS) is 10.1. The first-order chi connectivity index (χ1) is 11.5. The molecule has 2 N–H and O–H groups in total. The molecular formula is C19H23N3O2. The Hall–Kier alpha value is -2.82. The predicted octanol–water partition coefficient (Wildman–Crippen LogP) is 3.28. The fraction of sp³-hybridized carbons (Fsp3) is 0.263. The molecule has 5 nitrogen and oxygen atoms in total. The van der Waals surface area contributed by atoms with Gasteiger partial charge in [-0.1, -0.05) is 25.1 Å². The summed E-state index contributed by atoms with van der Waals surface area (Å²) in [6.45, 7) is 2.02. The quantitative estimate of drug-likeness (QED) is 0.801. The lowest BCUT2D eigenvalue weighted by Crippen LogP contribution is -2.22. The Morgan fingerprint density at radius 1 is 0.917 bits per heavy atom. The fourth-order valence-corrected chi connectivity index (χ4v) is 2.34. The van der Waals surface area contributed by atoms with Crippen molar-refractivity contribution in [3.8, 4) is 0 Å². The molecule has 0 bridgehead atoms. The van der Waals surface area contributed by atoms with E-state index in [2.05, 4.69) is 10.6 Å². The Morgan fingerprint density at radius 2 is 1.54 bits per heavy atom. The number of hydrogen-bond donors (Lipinski definition) is 2. The fourth-order valence-electron chi connectivity index (χ4n) is 2.34. The molecule has 0 radical (unpaired) electrons. The van der Waals surface area contributed by atoms with Crippen molar-refractivity contribution in [2.45, 2.75) is 19.8 Å².